The predicted molar refractivity (Wildman–Crippen MR) is 211 cm³/mol. The number of nitrogens with zero attached hydrogens (tertiary/aromatic N) is 1. The van der Waals surface area contributed by atoms with Gasteiger partial charge in [-0.15, -0.1) is 0 Å². The third-order valence-corrected chi connectivity index (χ3v) is 12.1. The van der Waals surface area contributed by atoms with Gasteiger partial charge in [0.2, 0.25) is 0 Å². The highest BCUT2D eigenvalue weighted by atomic mass is 16.5. The molecule has 5 unspecified atom stereocenters. The number of esters is 1. The van der Waals surface area contributed by atoms with Gasteiger partial charge in [0.05, 0.1) is 0 Å². The van der Waals surface area contributed by atoms with Gasteiger partial charge in [-0.25, -0.2) is 0 Å². The fourth-order valence-electron chi connectivity index (χ4n) is 8.86. The third kappa shape index (κ3) is 22.3. The van der Waals surface area contributed by atoms with Crippen LogP contribution in [-0.4, -0.2) is 37.6 Å². The second-order valence-electron chi connectivity index (χ2n) is 17.0. The van der Waals surface area contributed by atoms with E-state index in [-0.39, 0.29) is 12.1 Å². The average Bonchev–Trinajstić information content (AvgIpc) is 4.00. The van der Waals surface area contributed by atoms with Crippen LogP contribution >= 0.6 is 0 Å². The van der Waals surface area contributed by atoms with Crippen molar-refractivity contribution in [2.75, 3.05) is 20.6 Å². The Labute approximate surface area is 302 Å². The highest BCUT2D eigenvalue weighted by Crippen LogP contribution is 2.59. The Morgan fingerprint density at radius 3 is 1.38 bits per heavy atom. The van der Waals surface area contributed by atoms with E-state index in [1.165, 1.54) is 167 Å². The first-order valence-electron chi connectivity index (χ1n) is 22.3. The number of ether oxygens (including phenoxy) is 1. The molecular formula is C45H87NO2. The van der Waals surface area contributed by atoms with E-state index in [4.69, 9.17) is 4.74 Å². The van der Waals surface area contributed by atoms with Gasteiger partial charge in [-0.05, 0) is 102 Å². The number of carbonyl (C=O) groups excluding carboxylic acids is 1. The van der Waals surface area contributed by atoms with Gasteiger partial charge in [-0.3, -0.25) is 4.79 Å². The Kier molecular flexibility index (Phi) is 26.4. The topological polar surface area (TPSA) is 29.5 Å². The molecule has 0 heterocycles. The zero-order valence-electron chi connectivity index (χ0n) is 33.6. The maximum Gasteiger partial charge on any atom is 0.306 e. The molecule has 5 atom stereocenters. The van der Waals surface area contributed by atoms with Gasteiger partial charge in [0.25, 0.3) is 0 Å². The number of hydrogen-bond acceptors (Lipinski definition) is 3. The minimum absolute atomic E-state index is 0.0311. The van der Waals surface area contributed by atoms with E-state index in [1.807, 2.05) is 0 Å². The summed E-state index contributed by atoms with van der Waals surface area (Å²) in [6.07, 6.45) is 43.4. The molecule has 0 bridgehead atoms. The Balaban J connectivity index is 1.69. The summed E-state index contributed by atoms with van der Waals surface area (Å²) in [5, 5.41) is 0. The smallest absolute Gasteiger partial charge is 0.306 e. The molecule has 2 fully saturated rings. The zero-order valence-corrected chi connectivity index (χ0v) is 33.6. The molecule has 0 N–H and O–H groups in total. The molecule has 3 heteroatoms. The maximum absolute atomic E-state index is 12.6. The second kappa shape index (κ2) is 29.1. The number of unbranched alkanes of at least 4 members (excludes halogenated alkanes) is 19. The zero-order chi connectivity index (χ0) is 34.7. The van der Waals surface area contributed by atoms with Crippen LogP contribution in [0.1, 0.15) is 226 Å². The van der Waals surface area contributed by atoms with E-state index in [0.29, 0.717) is 6.42 Å². The number of rotatable bonds is 36. The number of carbonyl (C=O) groups is 1. The summed E-state index contributed by atoms with van der Waals surface area (Å²) in [5.41, 5.74) is 0. The van der Waals surface area contributed by atoms with Crippen LogP contribution < -0.4 is 0 Å². The molecule has 2 rings (SSSR count). The van der Waals surface area contributed by atoms with Gasteiger partial charge in [-0.2, -0.15) is 0 Å². The summed E-state index contributed by atoms with van der Waals surface area (Å²) in [4.78, 5) is 14.8. The van der Waals surface area contributed by atoms with Crippen molar-refractivity contribution < 1.29 is 9.53 Å². The minimum atomic E-state index is 0.0311. The SMILES string of the molecule is CCCCCCCCC(CCCCCCCC(C1CC1CCCCCCCC)C1CC1CCCCCCCC)OC(=O)CCCN(C)C. The summed E-state index contributed by atoms with van der Waals surface area (Å²) in [7, 11) is 4.15. The first kappa shape index (κ1) is 43.6. The lowest BCUT2D eigenvalue weighted by atomic mass is 9.87. The van der Waals surface area contributed by atoms with Crippen LogP contribution in [0, 0.1) is 29.6 Å². The highest BCUT2D eigenvalue weighted by molar-refractivity contribution is 5.69. The first-order chi connectivity index (χ1) is 23.5. The second-order valence-corrected chi connectivity index (χ2v) is 17.0. The number of hydrogen-bond donors (Lipinski definition) is 0. The maximum atomic E-state index is 12.6. The van der Waals surface area contributed by atoms with Crippen LogP contribution in [0.5, 0.6) is 0 Å². The summed E-state index contributed by atoms with van der Waals surface area (Å²) < 4.78 is 6.05. The van der Waals surface area contributed by atoms with Crippen molar-refractivity contribution >= 4 is 5.97 Å². The molecule has 0 amide bonds. The normalized spacial score (nSPS) is 21.5. The Bertz CT molecular complexity index is 706. The molecule has 2 aliphatic rings. The van der Waals surface area contributed by atoms with Crippen molar-refractivity contribution in [3.8, 4) is 0 Å². The van der Waals surface area contributed by atoms with E-state index in [9.17, 15) is 4.79 Å². The quantitative estimate of drug-likeness (QED) is 0.0490. The molecule has 0 aromatic carbocycles. The molecular weight excluding hydrogens is 587 g/mol. The first-order valence-corrected chi connectivity index (χ1v) is 22.3. The fraction of sp³-hybridized carbons (Fsp3) is 0.978. The Hall–Kier alpha value is -0.570. The molecule has 0 radical (unpaired) electrons. The molecule has 48 heavy (non-hydrogen) atoms. The summed E-state index contributed by atoms with van der Waals surface area (Å²) in [5.74, 6) is 5.39. The monoisotopic (exact) mass is 674 g/mol. The van der Waals surface area contributed by atoms with Gasteiger partial charge >= 0.3 is 5.97 Å². The standard InChI is InChI=1S/C45H87NO2/c1-6-9-12-15-19-24-30-39-37-43(39)42(44-38-40(44)31-25-20-16-13-10-7-2)34-28-23-18-22-27-33-41(32-26-21-17-14-11-8-3)48-45(47)35-29-36-46(4)5/h39-44H,6-38H2,1-5H3. The molecule has 0 aliphatic heterocycles. The van der Waals surface area contributed by atoms with Crippen molar-refractivity contribution in [3.05, 3.63) is 0 Å². The van der Waals surface area contributed by atoms with E-state index in [0.717, 1.165) is 55.4 Å². The van der Waals surface area contributed by atoms with Gasteiger partial charge in [0, 0.05) is 6.42 Å². The van der Waals surface area contributed by atoms with Crippen LogP contribution in [0.25, 0.3) is 0 Å². The van der Waals surface area contributed by atoms with Gasteiger partial charge in [0.15, 0.2) is 0 Å². The van der Waals surface area contributed by atoms with Gasteiger partial charge < -0.3 is 9.64 Å². The van der Waals surface area contributed by atoms with Crippen LogP contribution in [0.15, 0.2) is 0 Å². The predicted octanol–water partition coefficient (Wildman–Crippen LogP) is 14.1. The van der Waals surface area contributed by atoms with Gasteiger partial charge in [-0.1, -0.05) is 168 Å². The summed E-state index contributed by atoms with van der Waals surface area (Å²) in [6, 6.07) is 0. The molecule has 2 aliphatic carbocycles. The minimum Gasteiger partial charge on any atom is -0.462 e. The highest BCUT2D eigenvalue weighted by Gasteiger charge is 2.51. The molecule has 284 valence electrons. The molecule has 0 saturated heterocycles. The van der Waals surface area contributed by atoms with E-state index in [1.54, 1.807) is 12.8 Å². The largest absolute Gasteiger partial charge is 0.462 e. The molecule has 0 aromatic rings. The van der Waals surface area contributed by atoms with Crippen molar-refractivity contribution in [2.24, 2.45) is 29.6 Å². The van der Waals surface area contributed by atoms with Crippen LogP contribution in [0.2, 0.25) is 0 Å². The third-order valence-electron chi connectivity index (χ3n) is 12.1. The lowest BCUT2D eigenvalue weighted by Crippen LogP contribution is -2.20. The average molecular weight is 674 g/mol. The van der Waals surface area contributed by atoms with Crippen molar-refractivity contribution in [3.63, 3.8) is 0 Å². The van der Waals surface area contributed by atoms with Crippen molar-refractivity contribution in [2.45, 2.75) is 232 Å². The van der Waals surface area contributed by atoms with E-state index in [2.05, 4.69) is 39.8 Å². The molecule has 3 nitrogen and oxygen atoms in total. The van der Waals surface area contributed by atoms with Crippen molar-refractivity contribution in [1.29, 1.82) is 0 Å². The summed E-state index contributed by atoms with van der Waals surface area (Å²) in [6.45, 7) is 7.90. The Morgan fingerprint density at radius 2 is 0.938 bits per heavy atom. The Morgan fingerprint density at radius 1 is 0.542 bits per heavy atom. The fourth-order valence-corrected chi connectivity index (χ4v) is 8.86. The van der Waals surface area contributed by atoms with Crippen LogP contribution in [-0.2, 0) is 9.53 Å². The lowest BCUT2D eigenvalue weighted by molar-refractivity contribution is -0.150. The molecule has 2 saturated carbocycles. The lowest BCUT2D eigenvalue weighted by Gasteiger charge is -2.19. The van der Waals surface area contributed by atoms with Crippen LogP contribution in [0.4, 0.5) is 0 Å². The van der Waals surface area contributed by atoms with E-state index < -0.39 is 0 Å². The molecule has 0 aromatic heterocycles. The summed E-state index contributed by atoms with van der Waals surface area (Å²) >= 11 is 0. The van der Waals surface area contributed by atoms with E-state index >= 15 is 0 Å². The van der Waals surface area contributed by atoms with Crippen LogP contribution in [0.3, 0.4) is 0 Å². The van der Waals surface area contributed by atoms with Crippen molar-refractivity contribution in [1.82, 2.24) is 4.90 Å². The molecule has 0 spiro atoms. The van der Waals surface area contributed by atoms with Gasteiger partial charge in [0.1, 0.15) is 6.10 Å².